The van der Waals surface area contributed by atoms with Crippen LogP contribution in [0.15, 0.2) is 99.9 Å². The van der Waals surface area contributed by atoms with Gasteiger partial charge < -0.3 is 14.8 Å². The van der Waals surface area contributed by atoms with Crippen molar-refractivity contribution in [2.45, 2.75) is 19.9 Å². The van der Waals surface area contributed by atoms with E-state index in [2.05, 4.69) is 10.3 Å². The highest BCUT2D eigenvalue weighted by Gasteiger charge is 2.32. The Kier molecular flexibility index (Phi) is 8.47. The lowest BCUT2D eigenvalue weighted by atomic mass is 9.95. The molecule has 1 aliphatic rings. The molecule has 1 N–H and O–H groups in total. The summed E-state index contributed by atoms with van der Waals surface area (Å²) in [6.45, 7) is 3.61. The minimum Gasteiger partial charge on any atom is -0.482 e. The van der Waals surface area contributed by atoms with Gasteiger partial charge in [0.2, 0.25) is 0 Å². The van der Waals surface area contributed by atoms with Gasteiger partial charge in [-0.3, -0.25) is 14.2 Å². The maximum Gasteiger partial charge on any atom is 0.344 e. The van der Waals surface area contributed by atoms with E-state index in [1.54, 1.807) is 73.0 Å². The number of nitrogens with one attached hydrogen (secondary N) is 1. The summed E-state index contributed by atoms with van der Waals surface area (Å²) in [4.78, 5) is 44.1. The van der Waals surface area contributed by atoms with Crippen LogP contribution in [0.3, 0.4) is 0 Å². The van der Waals surface area contributed by atoms with Crippen molar-refractivity contribution in [2.24, 2.45) is 4.99 Å². The first-order valence-electron chi connectivity index (χ1n) is 12.9. The summed E-state index contributed by atoms with van der Waals surface area (Å²) < 4.78 is 12.3. The number of thiazole rings is 1. The smallest absolute Gasteiger partial charge is 0.344 e. The Labute approximate surface area is 244 Å². The number of aromatic nitrogens is 1. The highest BCUT2D eigenvalue weighted by atomic mass is 35.5. The van der Waals surface area contributed by atoms with E-state index in [0.29, 0.717) is 37.1 Å². The fourth-order valence-electron chi connectivity index (χ4n) is 4.45. The molecule has 41 heavy (non-hydrogen) atoms. The average molecular weight is 588 g/mol. The van der Waals surface area contributed by atoms with E-state index in [4.69, 9.17) is 21.1 Å². The molecule has 0 saturated heterocycles. The van der Waals surface area contributed by atoms with Crippen molar-refractivity contribution in [1.29, 1.82) is 0 Å². The van der Waals surface area contributed by atoms with E-state index >= 15 is 0 Å². The van der Waals surface area contributed by atoms with Crippen LogP contribution in [-0.2, 0) is 14.3 Å². The maximum absolute atomic E-state index is 13.8. The predicted octanol–water partition coefficient (Wildman–Crippen LogP) is 4.47. The topological polar surface area (TPSA) is 99.0 Å². The molecule has 1 amide bonds. The molecule has 1 atom stereocenters. The van der Waals surface area contributed by atoms with Gasteiger partial charge in [0, 0.05) is 10.7 Å². The van der Waals surface area contributed by atoms with Gasteiger partial charge in [0.25, 0.3) is 11.5 Å². The number of rotatable bonds is 8. The zero-order valence-electron chi connectivity index (χ0n) is 22.3. The third kappa shape index (κ3) is 6.32. The lowest BCUT2D eigenvalue weighted by Crippen LogP contribution is -2.40. The number of nitrogens with zero attached hydrogens (tertiary/aromatic N) is 2. The number of para-hydroxylation sites is 1. The summed E-state index contributed by atoms with van der Waals surface area (Å²) in [7, 11) is 0. The molecule has 0 unspecified atom stereocenters. The van der Waals surface area contributed by atoms with Gasteiger partial charge in [0.05, 0.1) is 28.5 Å². The molecule has 208 valence electrons. The minimum absolute atomic E-state index is 0.185. The molecule has 0 spiro atoms. The van der Waals surface area contributed by atoms with E-state index in [-0.39, 0.29) is 24.7 Å². The average Bonchev–Trinajstić information content (AvgIpc) is 3.27. The number of ether oxygens (including phenoxy) is 2. The van der Waals surface area contributed by atoms with Crippen LogP contribution in [0, 0.1) is 0 Å². The monoisotopic (exact) mass is 587 g/mol. The van der Waals surface area contributed by atoms with E-state index < -0.39 is 12.0 Å². The lowest BCUT2D eigenvalue weighted by molar-refractivity contribution is -0.145. The molecular formula is C31H26ClN3O5S. The van der Waals surface area contributed by atoms with Gasteiger partial charge in [-0.2, -0.15) is 0 Å². The van der Waals surface area contributed by atoms with Crippen molar-refractivity contribution in [3.63, 3.8) is 0 Å². The summed E-state index contributed by atoms with van der Waals surface area (Å²) in [5.74, 6) is -0.283. The third-order valence-electron chi connectivity index (χ3n) is 6.32. The standard InChI is InChI=1S/C31H26ClN3O5S/c1-3-39-26(36)18-40-24-15-9-20(10-16-24)17-25-30(38)35-28(21-11-13-22(32)14-12-21)27(19(2)33-31(35)41-25)29(37)34-23-7-5-4-6-8-23/h4-17,28H,3,18H2,1-2H3,(H,34,37)/b25-17-/t28-/m1/s1. The Hall–Kier alpha value is -4.47. The summed E-state index contributed by atoms with van der Waals surface area (Å²) in [6.07, 6.45) is 1.76. The van der Waals surface area contributed by atoms with E-state index in [1.807, 2.05) is 30.3 Å². The van der Waals surface area contributed by atoms with Crippen LogP contribution in [-0.4, -0.2) is 29.7 Å². The second-order valence-electron chi connectivity index (χ2n) is 9.12. The molecule has 0 radical (unpaired) electrons. The Balaban J connectivity index is 1.52. The van der Waals surface area contributed by atoms with Crippen molar-refractivity contribution >= 4 is 46.6 Å². The molecule has 1 aromatic heterocycles. The number of benzene rings is 3. The summed E-state index contributed by atoms with van der Waals surface area (Å²) >= 11 is 7.41. The zero-order chi connectivity index (χ0) is 28.9. The predicted molar refractivity (Wildman–Crippen MR) is 159 cm³/mol. The van der Waals surface area contributed by atoms with Crippen molar-refractivity contribution < 1.29 is 19.1 Å². The first-order valence-corrected chi connectivity index (χ1v) is 14.1. The Morgan fingerprint density at radius 3 is 2.44 bits per heavy atom. The van der Waals surface area contributed by atoms with Gasteiger partial charge in [-0.1, -0.05) is 65.4 Å². The molecule has 8 nitrogen and oxygen atoms in total. The van der Waals surface area contributed by atoms with E-state index in [0.717, 1.165) is 11.1 Å². The number of allylic oxidation sites excluding steroid dienone is 1. The van der Waals surface area contributed by atoms with Gasteiger partial charge >= 0.3 is 5.97 Å². The van der Waals surface area contributed by atoms with Gasteiger partial charge in [0.1, 0.15) is 5.75 Å². The molecule has 2 heterocycles. The third-order valence-corrected chi connectivity index (χ3v) is 7.56. The molecule has 0 aliphatic carbocycles. The second-order valence-corrected chi connectivity index (χ2v) is 10.6. The molecular weight excluding hydrogens is 562 g/mol. The van der Waals surface area contributed by atoms with Gasteiger partial charge in [0.15, 0.2) is 11.4 Å². The molecule has 4 aromatic rings. The maximum atomic E-state index is 13.8. The van der Waals surface area contributed by atoms with Crippen molar-refractivity contribution in [3.8, 4) is 5.75 Å². The fourth-order valence-corrected chi connectivity index (χ4v) is 5.62. The molecule has 5 rings (SSSR count). The Morgan fingerprint density at radius 2 is 1.76 bits per heavy atom. The number of carbonyl (C=O) groups excluding carboxylic acids is 2. The molecule has 0 bridgehead atoms. The number of esters is 1. The number of anilines is 1. The van der Waals surface area contributed by atoms with Crippen molar-refractivity contribution in [3.05, 3.63) is 126 Å². The first-order chi connectivity index (χ1) is 19.8. The van der Waals surface area contributed by atoms with Crippen molar-refractivity contribution in [1.82, 2.24) is 4.57 Å². The van der Waals surface area contributed by atoms with E-state index in [1.165, 1.54) is 11.3 Å². The number of hydrogen-bond acceptors (Lipinski definition) is 7. The quantitative estimate of drug-likeness (QED) is 0.307. The van der Waals surface area contributed by atoms with Gasteiger partial charge in [-0.25, -0.2) is 9.79 Å². The highest BCUT2D eigenvalue weighted by Crippen LogP contribution is 2.31. The summed E-state index contributed by atoms with van der Waals surface area (Å²) in [6, 6.07) is 22.5. The van der Waals surface area contributed by atoms with Crippen LogP contribution < -0.4 is 24.9 Å². The lowest BCUT2D eigenvalue weighted by Gasteiger charge is -2.25. The van der Waals surface area contributed by atoms with Gasteiger partial charge in [-0.15, -0.1) is 0 Å². The van der Waals surface area contributed by atoms with E-state index in [9.17, 15) is 14.4 Å². The van der Waals surface area contributed by atoms with Crippen LogP contribution in [0.2, 0.25) is 5.02 Å². The van der Waals surface area contributed by atoms with Crippen molar-refractivity contribution in [2.75, 3.05) is 18.5 Å². The first kappa shape index (κ1) is 28.1. The van der Waals surface area contributed by atoms with Crippen LogP contribution in [0.1, 0.15) is 31.0 Å². The second kappa shape index (κ2) is 12.4. The number of carbonyl (C=O) groups is 2. The molecule has 0 fully saturated rings. The van der Waals surface area contributed by atoms with Crippen LogP contribution in [0.4, 0.5) is 5.69 Å². The fraction of sp³-hybridized carbons (Fsp3) is 0.161. The zero-order valence-corrected chi connectivity index (χ0v) is 23.9. The number of amides is 1. The normalized spacial score (nSPS) is 14.7. The SMILES string of the molecule is CCOC(=O)COc1ccc(/C=c2\sc3n(c2=O)[C@H](c2ccc(Cl)cc2)C(C(=O)Nc2ccccc2)=C(C)N=3)cc1. The van der Waals surface area contributed by atoms with Crippen LogP contribution >= 0.6 is 22.9 Å². The Morgan fingerprint density at radius 1 is 1.05 bits per heavy atom. The van der Waals surface area contributed by atoms with Gasteiger partial charge in [-0.05, 0) is 67.4 Å². The van der Waals surface area contributed by atoms with Crippen LogP contribution in [0.5, 0.6) is 5.75 Å². The molecule has 3 aromatic carbocycles. The number of halogens is 1. The number of hydrogen-bond donors (Lipinski definition) is 1. The largest absolute Gasteiger partial charge is 0.482 e. The summed E-state index contributed by atoms with van der Waals surface area (Å²) in [5, 5.41) is 3.48. The summed E-state index contributed by atoms with van der Waals surface area (Å²) in [5.41, 5.74) is 2.76. The molecule has 1 aliphatic heterocycles. The molecule has 0 saturated carbocycles. The Bertz CT molecular complexity index is 1790. The minimum atomic E-state index is -0.701. The number of fused-ring (bicyclic) bond motifs is 1. The molecule has 10 heteroatoms. The van der Waals surface area contributed by atoms with Crippen LogP contribution in [0.25, 0.3) is 6.08 Å². The highest BCUT2D eigenvalue weighted by molar-refractivity contribution is 7.07.